The minimum absolute atomic E-state index is 0.618. The van der Waals surface area contributed by atoms with E-state index in [-0.39, 0.29) is 0 Å². The molecule has 0 bridgehead atoms. The number of benzene rings is 1. The van der Waals surface area contributed by atoms with Crippen molar-refractivity contribution in [3.8, 4) is 0 Å². The van der Waals surface area contributed by atoms with Crippen molar-refractivity contribution in [2.45, 2.75) is 0 Å². The lowest BCUT2D eigenvalue weighted by atomic mass is 10.2. The minimum atomic E-state index is -3.26. The highest BCUT2D eigenvalue weighted by Crippen LogP contribution is 2.24. The number of sulfonamides is 1. The average Bonchev–Trinajstić information content (AvgIpc) is 2.66. The molecule has 1 aromatic rings. The van der Waals surface area contributed by atoms with Crippen molar-refractivity contribution >= 4 is 27.6 Å². The van der Waals surface area contributed by atoms with Crippen molar-refractivity contribution in [2.75, 3.05) is 22.5 Å². The SMILES string of the molecule is CN(c1cccc(N2C=CC=NC=C2)c1)S(C)(=O)=O. The number of anilines is 2. The predicted molar refractivity (Wildman–Crippen MR) is 78.9 cm³/mol. The van der Waals surface area contributed by atoms with Crippen molar-refractivity contribution in [3.05, 3.63) is 48.9 Å². The van der Waals surface area contributed by atoms with Gasteiger partial charge >= 0.3 is 0 Å². The molecular formula is C13H15N3O2S. The van der Waals surface area contributed by atoms with Crippen LogP contribution in [-0.4, -0.2) is 27.9 Å². The zero-order valence-corrected chi connectivity index (χ0v) is 11.6. The Kier molecular flexibility index (Phi) is 3.71. The van der Waals surface area contributed by atoms with E-state index >= 15 is 0 Å². The Labute approximate surface area is 113 Å². The normalized spacial score (nSPS) is 14.5. The molecule has 0 unspecified atom stereocenters. The van der Waals surface area contributed by atoms with Crippen molar-refractivity contribution in [3.63, 3.8) is 0 Å². The van der Waals surface area contributed by atoms with Crippen LogP contribution in [0.25, 0.3) is 0 Å². The highest BCUT2D eigenvalue weighted by molar-refractivity contribution is 7.92. The molecule has 19 heavy (non-hydrogen) atoms. The van der Waals surface area contributed by atoms with Crippen LogP contribution in [0, 0.1) is 0 Å². The van der Waals surface area contributed by atoms with E-state index in [1.54, 1.807) is 30.7 Å². The van der Waals surface area contributed by atoms with E-state index in [2.05, 4.69) is 4.99 Å². The Morgan fingerprint density at radius 2 is 2.05 bits per heavy atom. The Hall–Kier alpha value is -2.08. The van der Waals surface area contributed by atoms with Crippen LogP contribution in [0.15, 0.2) is 53.9 Å². The summed E-state index contributed by atoms with van der Waals surface area (Å²) in [7, 11) is -1.72. The van der Waals surface area contributed by atoms with Crippen LogP contribution in [0.5, 0.6) is 0 Å². The van der Waals surface area contributed by atoms with Gasteiger partial charge in [0.25, 0.3) is 0 Å². The van der Waals surface area contributed by atoms with E-state index in [1.165, 1.54) is 17.6 Å². The van der Waals surface area contributed by atoms with Gasteiger partial charge in [-0.15, -0.1) is 0 Å². The molecule has 0 aromatic heterocycles. The highest BCUT2D eigenvalue weighted by atomic mass is 32.2. The molecule has 0 aliphatic carbocycles. The number of nitrogens with zero attached hydrogens (tertiary/aromatic N) is 3. The molecule has 6 heteroatoms. The highest BCUT2D eigenvalue weighted by Gasteiger charge is 2.12. The van der Waals surface area contributed by atoms with Crippen molar-refractivity contribution in [2.24, 2.45) is 4.99 Å². The number of aliphatic imine (C=N–C) groups is 1. The fraction of sp³-hybridized carbons (Fsp3) is 0.154. The first-order chi connectivity index (χ1) is 8.98. The summed E-state index contributed by atoms with van der Waals surface area (Å²) < 4.78 is 24.3. The van der Waals surface area contributed by atoms with E-state index < -0.39 is 10.0 Å². The lowest BCUT2D eigenvalue weighted by Crippen LogP contribution is -2.24. The molecule has 0 amide bonds. The molecular weight excluding hydrogens is 262 g/mol. The van der Waals surface area contributed by atoms with Crippen LogP contribution < -0.4 is 9.21 Å². The first-order valence-electron chi connectivity index (χ1n) is 5.67. The van der Waals surface area contributed by atoms with Gasteiger partial charge in [-0.3, -0.25) is 9.30 Å². The second kappa shape index (κ2) is 5.27. The standard InChI is InChI=1S/C13H15N3O2S/c1-15(19(2,17)18)12-5-3-6-13(11-12)16-9-4-7-14-8-10-16/h3-11H,1-2H3. The fourth-order valence-corrected chi connectivity index (χ4v) is 2.10. The number of allylic oxidation sites excluding steroid dienone is 1. The molecule has 1 aliphatic heterocycles. The zero-order valence-electron chi connectivity index (χ0n) is 10.8. The van der Waals surface area contributed by atoms with E-state index in [4.69, 9.17) is 0 Å². The van der Waals surface area contributed by atoms with Crippen LogP contribution in [0.2, 0.25) is 0 Å². The maximum atomic E-state index is 11.5. The van der Waals surface area contributed by atoms with E-state index in [1.807, 2.05) is 29.3 Å². The van der Waals surface area contributed by atoms with Gasteiger partial charge < -0.3 is 4.90 Å². The van der Waals surface area contributed by atoms with E-state index in [0.717, 1.165) is 5.69 Å². The fourth-order valence-electron chi connectivity index (χ4n) is 1.60. The maximum Gasteiger partial charge on any atom is 0.231 e. The molecule has 2 rings (SSSR count). The summed E-state index contributed by atoms with van der Waals surface area (Å²) in [5.74, 6) is 0. The first-order valence-corrected chi connectivity index (χ1v) is 7.52. The summed E-state index contributed by atoms with van der Waals surface area (Å²) in [6, 6.07) is 7.28. The van der Waals surface area contributed by atoms with Gasteiger partial charge in [0.1, 0.15) is 0 Å². The number of rotatable bonds is 3. The predicted octanol–water partition coefficient (Wildman–Crippen LogP) is 1.96. The van der Waals surface area contributed by atoms with Gasteiger partial charge in [-0.1, -0.05) is 6.07 Å². The average molecular weight is 277 g/mol. The smallest absolute Gasteiger partial charge is 0.231 e. The molecule has 100 valence electrons. The molecule has 0 saturated carbocycles. The van der Waals surface area contributed by atoms with Gasteiger partial charge in [0.2, 0.25) is 10.0 Å². The molecule has 0 fully saturated rings. The van der Waals surface area contributed by atoms with Crippen molar-refractivity contribution in [1.29, 1.82) is 0 Å². The molecule has 0 radical (unpaired) electrons. The van der Waals surface area contributed by atoms with E-state index in [9.17, 15) is 8.42 Å². The van der Waals surface area contributed by atoms with Gasteiger partial charge in [-0.2, -0.15) is 0 Å². The zero-order chi connectivity index (χ0) is 13.9. The third-order valence-electron chi connectivity index (χ3n) is 2.72. The third kappa shape index (κ3) is 3.23. The van der Waals surface area contributed by atoms with Gasteiger partial charge in [-0.25, -0.2) is 8.42 Å². The maximum absolute atomic E-state index is 11.5. The third-order valence-corrected chi connectivity index (χ3v) is 3.93. The summed E-state index contributed by atoms with van der Waals surface area (Å²) in [5, 5.41) is 0. The van der Waals surface area contributed by atoms with Crippen LogP contribution >= 0.6 is 0 Å². The summed E-state index contributed by atoms with van der Waals surface area (Å²) >= 11 is 0. The second-order valence-electron chi connectivity index (χ2n) is 4.10. The van der Waals surface area contributed by atoms with Crippen molar-refractivity contribution < 1.29 is 8.42 Å². The Morgan fingerprint density at radius 3 is 2.79 bits per heavy atom. The Bertz CT molecular complexity index is 632. The molecule has 0 spiro atoms. The monoisotopic (exact) mass is 277 g/mol. The van der Waals surface area contributed by atoms with Crippen LogP contribution in [0.1, 0.15) is 0 Å². The molecule has 0 N–H and O–H groups in total. The van der Waals surface area contributed by atoms with Crippen molar-refractivity contribution in [1.82, 2.24) is 0 Å². The Balaban J connectivity index is 2.35. The molecule has 1 aliphatic rings. The van der Waals surface area contributed by atoms with Crippen LogP contribution in [-0.2, 0) is 10.0 Å². The number of hydrogen-bond donors (Lipinski definition) is 0. The Morgan fingerprint density at radius 1 is 1.26 bits per heavy atom. The minimum Gasteiger partial charge on any atom is -0.322 e. The quantitative estimate of drug-likeness (QED) is 0.848. The lowest BCUT2D eigenvalue weighted by molar-refractivity contribution is 0.600. The van der Waals surface area contributed by atoms with Gasteiger partial charge in [-0.05, 0) is 24.3 Å². The van der Waals surface area contributed by atoms with Crippen LogP contribution in [0.4, 0.5) is 11.4 Å². The molecule has 1 heterocycles. The first kappa shape index (κ1) is 13.4. The largest absolute Gasteiger partial charge is 0.322 e. The summed E-state index contributed by atoms with van der Waals surface area (Å²) in [6.45, 7) is 0. The topological polar surface area (TPSA) is 53.0 Å². The molecule has 0 saturated heterocycles. The van der Waals surface area contributed by atoms with E-state index in [0.29, 0.717) is 5.69 Å². The summed E-state index contributed by atoms with van der Waals surface area (Å²) in [4.78, 5) is 5.87. The lowest BCUT2D eigenvalue weighted by Gasteiger charge is -2.20. The van der Waals surface area contributed by atoms with Gasteiger partial charge in [0, 0.05) is 37.5 Å². The van der Waals surface area contributed by atoms with Gasteiger partial charge in [0.15, 0.2) is 0 Å². The summed E-state index contributed by atoms with van der Waals surface area (Å²) in [6.07, 6.45) is 10.0. The van der Waals surface area contributed by atoms with Gasteiger partial charge in [0.05, 0.1) is 11.9 Å². The molecule has 5 nitrogen and oxygen atoms in total. The van der Waals surface area contributed by atoms with Crippen LogP contribution in [0.3, 0.4) is 0 Å². The summed E-state index contributed by atoms with van der Waals surface area (Å²) in [5.41, 5.74) is 1.48. The number of hydrogen-bond acceptors (Lipinski definition) is 4. The molecule has 1 aromatic carbocycles. The second-order valence-corrected chi connectivity index (χ2v) is 6.11. The molecule has 0 atom stereocenters.